The molecule has 1 aromatic rings. The quantitative estimate of drug-likeness (QED) is 0.834. The van der Waals surface area contributed by atoms with Crippen LogP contribution in [0.1, 0.15) is 43.9 Å². The van der Waals surface area contributed by atoms with Gasteiger partial charge in [-0.1, -0.05) is 6.07 Å². The van der Waals surface area contributed by atoms with Crippen molar-refractivity contribution in [3.63, 3.8) is 0 Å². The molecule has 3 rings (SSSR count). The van der Waals surface area contributed by atoms with Crippen molar-refractivity contribution in [3.8, 4) is 0 Å². The highest BCUT2D eigenvalue weighted by Gasteiger charge is 2.35. The minimum Gasteiger partial charge on any atom is -0.338 e. The Morgan fingerprint density at radius 3 is 2.81 bits per heavy atom. The molecule has 21 heavy (non-hydrogen) atoms. The maximum absolute atomic E-state index is 11.8. The van der Waals surface area contributed by atoms with Gasteiger partial charge in [0.15, 0.2) is 0 Å². The third-order valence-electron chi connectivity index (χ3n) is 4.64. The summed E-state index contributed by atoms with van der Waals surface area (Å²) in [7, 11) is 0. The number of rotatable bonds is 5. The summed E-state index contributed by atoms with van der Waals surface area (Å²) in [5.74, 6) is 0.234. The van der Waals surface area contributed by atoms with Gasteiger partial charge < -0.3 is 4.90 Å². The minimum absolute atomic E-state index is 0.234. The standard InChI is InChI=1S/C17H25N3O/c1-13-5-6-15(18-10-13)11-19-9-3-4-17(19)12-20(14(2)21)16-7-8-16/h5-6,10,16-17H,3-4,7-9,11-12H2,1-2H3. The Hall–Kier alpha value is -1.42. The average Bonchev–Trinajstić information content (AvgIpc) is 3.20. The number of amides is 1. The number of aryl methyl sites for hydroxylation is 1. The Bertz CT molecular complexity index is 495. The average molecular weight is 287 g/mol. The second-order valence-corrected chi connectivity index (χ2v) is 6.50. The van der Waals surface area contributed by atoms with Gasteiger partial charge in [-0.25, -0.2) is 0 Å². The largest absolute Gasteiger partial charge is 0.338 e. The Kier molecular flexibility index (Phi) is 4.24. The van der Waals surface area contributed by atoms with Crippen LogP contribution in [0.3, 0.4) is 0 Å². The Balaban J connectivity index is 1.62. The summed E-state index contributed by atoms with van der Waals surface area (Å²) in [4.78, 5) is 20.9. The second-order valence-electron chi connectivity index (χ2n) is 6.50. The molecule has 2 aliphatic rings. The van der Waals surface area contributed by atoms with Crippen LogP contribution in [0.5, 0.6) is 0 Å². The summed E-state index contributed by atoms with van der Waals surface area (Å²) < 4.78 is 0. The summed E-state index contributed by atoms with van der Waals surface area (Å²) in [6.45, 7) is 6.69. The number of nitrogens with zero attached hydrogens (tertiary/aromatic N) is 3. The zero-order chi connectivity index (χ0) is 14.8. The molecule has 1 saturated heterocycles. The third-order valence-corrected chi connectivity index (χ3v) is 4.64. The highest BCUT2D eigenvalue weighted by Crippen LogP contribution is 2.29. The fraction of sp³-hybridized carbons (Fsp3) is 0.647. The monoisotopic (exact) mass is 287 g/mol. The zero-order valence-corrected chi connectivity index (χ0v) is 13.1. The molecule has 0 spiro atoms. The van der Waals surface area contributed by atoms with Gasteiger partial charge in [0, 0.05) is 38.3 Å². The van der Waals surface area contributed by atoms with Crippen LogP contribution in [0.25, 0.3) is 0 Å². The van der Waals surface area contributed by atoms with Gasteiger partial charge in [0.25, 0.3) is 0 Å². The third kappa shape index (κ3) is 3.62. The molecule has 1 aliphatic heterocycles. The predicted octanol–water partition coefficient (Wildman–Crippen LogP) is 2.37. The van der Waals surface area contributed by atoms with E-state index in [1.54, 1.807) is 6.92 Å². The molecule has 0 radical (unpaired) electrons. The van der Waals surface area contributed by atoms with E-state index in [4.69, 9.17) is 0 Å². The molecule has 1 aromatic heterocycles. The summed E-state index contributed by atoms with van der Waals surface area (Å²) in [6.07, 6.45) is 6.74. The summed E-state index contributed by atoms with van der Waals surface area (Å²) in [5, 5.41) is 0. The smallest absolute Gasteiger partial charge is 0.219 e. The first-order chi connectivity index (χ1) is 10.1. The van der Waals surface area contributed by atoms with E-state index in [2.05, 4.69) is 33.8 Å². The lowest BCUT2D eigenvalue weighted by Gasteiger charge is -2.30. The Labute approximate surface area is 127 Å². The predicted molar refractivity (Wildman–Crippen MR) is 82.8 cm³/mol. The molecule has 1 unspecified atom stereocenters. The molecule has 2 heterocycles. The number of carbonyl (C=O) groups is 1. The fourth-order valence-electron chi connectivity index (χ4n) is 3.26. The van der Waals surface area contributed by atoms with E-state index in [0.29, 0.717) is 12.1 Å². The van der Waals surface area contributed by atoms with E-state index in [0.717, 1.165) is 25.3 Å². The molecule has 0 N–H and O–H groups in total. The molecule has 0 bridgehead atoms. The van der Waals surface area contributed by atoms with E-state index in [-0.39, 0.29) is 5.91 Å². The number of hydrogen-bond donors (Lipinski definition) is 0. The lowest BCUT2D eigenvalue weighted by atomic mass is 10.2. The highest BCUT2D eigenvalue weighted by atomic mass is 16.2. The van der Waals surface area contributed by atoms with Gasteiger partial charge in [0.2, 0.25) is 5.91 Å². The van der Waals surface area contributed by atoms with Crippen molar-refractivity contribution < 1.29 is 4.79 Å². The lowest BCUT2D eigenvalue weighted by molar-refractivity contribution is -0.130. The topological polar surface area (TPSA) is 36.4 Å². The molecule has 4 heteroatoms. The van der Waals surface area contributed by atoms with Crippen molar-refractivity contribution in [2.75, 3.05) is 13.1 Å². The summed E-state index contributed by atoms with van der Waals surface area (Å²) >= 11 is 0. The number of aromatic nitrogens is 1. The van der Waals surface area contributed by atoms with Crippen LogP contribution in [-0.2, 0) is 11.3 Å². The molecule has 1 saturated carbocycles. The molecule has 0 aromatic carbocycles. The van der Waals surface area contributed by atoms with E-state index in [1.807, 2.05) is 6.20 Å². The van der Waals surface area contributed by atoms with Crippen molar-refractivity contribution in [1.82, 2.24) is 14.8 Å². The van der Waals surface area contributed by atoms with Crippen molar-refractivity contribution >= 4 is 5.91 Å². The van der Waals surface area contributed by atoms with E-state index >= 15 is 0 Å². The number of carbonyl (C=O) groups excluding carboxylic acids is 1. The van der Waals surface area contributed by atoms with Crippen LogP contribution in [0.4, 0.5) is 0 Å². The highest BCUT2D eigenvalue weighted by molar-refractivity contribution is 5.74. The van der Waals surface area contributed by atoms with Crippen LogP contribution in [0, 0.1) is 6.92 Å². The fourth-order valence-corrected chi connectivity index (χ4v) is 3.26. The number of likely N-dealkylation sites (tertiary alicyclic amines) is 1. The Morgan fingerprint density at radius 1 is 1.38 bits per heavy atom. The van der Waals surface area contributed by atoms with Gasteiger partial charge in [0.05, 0.1) is 5.69 Å². The van der Waals surface area contributed by atoms with Gasteiger partial charge in [-0.05, 0) is 50.8 Å². The van der Waals surface area contributed by atoms with Crippen LogP contribution in [0.15, 0.2) is 18.3 Å². The first-order valence-corrected chi connectivity index (χ1v) is 8.06. The van der Waals surface area contributed by atoms with Crippen molar-refractivity contribution in [2.45, 2.75) is 58.2 Å². The second kappa shape index (κ2) is 6.14. The van der Waals surface area contributed by atoms with Crippen molar-refractivity contribution in [3.05, 3.63) is 29.6 Å². The summed E-state index contributed by atoms with van der Waals surface area (Å²) in [5.41, 5.74) is 2.33. The van der Waals surface area contributed by atoms with Gasteiger partial charge >= 0.3 is 0 Å². The maximum Gasteiger partial charge on any atom is 0.219 e. The minimum atomic E-state index is 0.234. The molecular weight excluding hydrogens is 262 g/mol. The van der Waals surface area contributed by atoms with Gasteiger partial charge in [0.1, 0.15) is 0 Å². The molecule has 1 atom stereocenters. The van der Waals surface area contributed by atoms with Crippen molar-refractivity contribution in [1.29, 1.82) is 0 Å². The van der Waals surface area contributed by atoms with E-state index in [9.17, 15) is 4.79 Å². The maximum atomic E-state index is 11.8. The molecule has 2 fully saturated rings. The number of pyridine rings is 1. The van der Waals surface area contributed by atoms with Crippen LogP contribution >= 0.6 is 0 Å². The first-order valence-electron chi connectivity index (χ1n) is 8.06. The van der Waals surface area contributed by atoms with Crippen LogP contribution < -0.4 is 0 Å². The van der Waals surface area contributed by atoms with E-state index in [1.165, 1.54) is 31.2 Å². The van der Waals surface area contributed by atoms with Gasteiger partial charge in [-0.3, -0.25) is 14.7 Å². The van der Waals surface area contributed by atoms with Crippen molar-refractivity contribution in [2.24, 2.45) is 0 Å². The van der Waals surface area contributed by atoms with E-state index < -0.39 is 0 Å². The lowest BCUT2D eigenvalue weighted by Crippen LogP contribution is -2.43. The molecule has 114 valence electrons. The Morgan fingerprint density at radius 2 is 2.19 bits per heavy atom. The normalized spacial score (nSPS) is 22.5. The van der Waals surface area contributed by atoms with Crippen LogP contribution in [0.2, 0.25) is 0 Å². The molecule has 1 aliphatic carbocycles. The zero-order valence-electron chi connectivity index (χ0n) is 13.1. The van der Waals surface area contributed by atoms with Gasteiger partial charge in [-0.15, -0.1) is 0 Å². The molecule has 1 amide bonds. The SMILES string of the molecule is CC(=O)N(CC1CCCN1Cc1ccc(C)cn1)C1CC1. The van der Waals surface area contributed by atoms with Gasteiger partial charge in [-0.2, -0.15) is 0 Å². The molecular formula is C17H25N3O. The first kappa shape index (κ1) is 14.5. The molecule has 4 nitrogen and oxygen atoms in total. The number of hydrogen-bond acceptors (Lipinski definition) is 3. The summed E-state index contributed by atoms with van der Waals surface area (Å²) in [6, 6.07) is 5.26. The van der Waals surface area contributed by atoms with Crippen LogP contribution in [-0.4, -0.2) is 45.9 Å².